The third-order valence-corrected chi connectivity index (χ3v) is 5.42. The zero-order chi connectivity index (χ0) is 14.4. The summed E-state index contributed by atoms with van der Waals surface area (Å²) in [7, 11) is 0. The van der Waals surface area contributed by atoms with Gasteiger partial charge in [0.25, 0.3) is 0 Å². The SMILES string of the molecule is CCC1CCC(CNC(=O)C2(CN)CCOCC2)CC1. The molecule has 1 aliphatic carbocycles. The average Bonchev–Trinajstić information content (AvgIpc) is 2.53. The summed E-state index contributed by atoms with van der Waals surface area (Å²) < 4.78 is 5.36. The lowest BCUT2D eigenvalue weighted by atomic mass is 9.78. The van der Waals surface area contributed by atoms with Crippen molar-refractivity contribution in [1.82, 2.24) is 5.32 Å². The van der Waals surface area contributed by atoms with Crippen LogP contribution in [-0.2, 0) is 9.53 Å². The Hall–Kier alpha value is -0.610. The molecule has 0 aromatic rings. The standard InChI is InChI=1S/C16H30N2O2/c1-2-13-3-5-14(6-4-13)11-18-15(19)16(12-17)7-9-20-10-8-16/h13-14H,2-12,17H2,1H3,(H,18,19). The summed E-state index contributed by atoms with van der Waals surface area (Å²) in [5.41, 5.74) is 5.49. The number of hydrogen-bond acceptors (Lipinski definition) is 3. The summed E-state index contributed by atoms with van der Waals surface area (Å²) in [5.74, 6) is 1.73. The Bertz CT molecular complexity index is 306. The molecule has 0 aromatic heterocycles. The summed E-state index contributed by atoms with van der Waals surface area (Å²) in [4.78, 5) is 12.5. The highest BCUT2D eigenvalue weighted by molar-refractivity contribution is 5.83. The molecule has 116 valence electrons. The highest BCUT2D eigenvalue weighted by Crippen LogP contribution is 2.32. The van der Waals surface area contributed by atoms with Crippen LogP contribution in [0.2, 0.25) is 0 Å². The largest absolute Gasteiger partial charge is 0.381 e. The molecule has 3 N–H and O–H groups in total. The molecule has 0 aromatic carbocycles. The molecule has 1 heterocycles. The van der Waals surface area contributed by atoms with Gasteiger partial charge < -0.3 is 15.8 Å². The Kier molecular flexibility index (Phi) is 5.85. The van der Waals surface area contributed by atoms with E-state index in [1.807, 2.05) is 0 Å². The maximum Gasteiger partial charge on any atom is 0.227 e. The van der Waals surface area contributed by atoms with Crippen LogP contribution in [0.4, 0.5) is 0 Å². The maximum atomic E-state index is 12.5. The van der Waals surface area contributed by atoms with E-state index in [-0.39, 0.29) is 11.3 Å². The van der Waals surface area contributed by atoms with Gasteiger partial charge in [0.1, 0.15) is 0 Å². The lowest BCUT2D eigenvalue weighted by molar-refractivity contribution is -0.136. The molecule has 4 heteroatoms. The van der Waals surface area contributed by atoms with Crippen LogP contribution >= 0.6 is 0 Å². The van der Waals surface area contributed by atoms with Crippen molar-refractivity contribution in [3.63, 3.8) is 0 Å². The minimum Gasteiger partial charge on any atom is -0.381 e. The van der Waals surface area contributed by atoms with Gasteiger partial charge in [-0.05, 0) is 37.5 Å². The van der Waals surface area contributed by atoms with Gasteiger partial charge in [0.15, 0.2) is 0 Å². The van der Waals surface area contributed by atoms with Crippen LogP contribution in [0.3, 0.4) is 0 Å². The van der Waals surface area contributed by atoms with Gasteiger partial charge in [0, 0.05) is 26.3 Å². The van der Waals surface area contributed by atoms with Crippen molar-refractivity contribution in [1.29, 1.82) is 0 Å². The molecule has 0 atom stereocenters. The minimum absolute atomic E-state index is 0.154. The molecule has 1 saturated carbocycles. The zero-order valence-corrected chi connectivity index (χ0v) is 12.8. The number of ether oxygens (including phenoxy) is 1. The van der Waals surface area contributed by atoms with Crippen LogP contribution < -0.4 is 11.1 Å². The lowest BCUT2D eigenvalue weighted by Gasteiger charge is -2.35. The van der Waals surface area contributed by atoms with E-state index in [9.17, 15) is 4.79 Å². The van der Waals surface area contributed by atoms with Crippen molar-refractivity contribution in [2.75, 3.05) is 26.3 Å². The second kappa shape index (κ2) is 7.41. The van der Waals surface area contributed by atoms with Gasteiger partial charge in [-0.3, -0.25) is 4.79 Å². The highest BCUT2D eigenvalue weighted by Gasteiger charge is 2.38. The minimum atomic E-state index is -0.376. The zero-order valence-electron chi connectivity index (χ0n) is 12.8. The van der Waals surface area contributed by atoms with E-state index in [0.29, 0.717) is 25.7 Å². The summed E-state index contributed by atoms with van der Waals surface area (Å²) >= 11 is 0. The molecule has 4 nitrogen and oxygen atoms in total. The Morgan fingerprint density at radius 2 is 1.80 bits per heavy atom. The number of carbonyl (C=O) groups is 1. The first-order chi connectivity index (χ1) is 9.70. The van der Waals surface area contributed by atoms with Crippen LogP contribution in [0, 0.1) is 17.3 Å². The predicted molar refractivity (Wildman–Crippen MR) is 80.3 cm³/mol. The molecule has 20 heavy (non-hydrogen) atoms. The molecule has 2 aliphatic rings. The van der Waals surface area contributed by atoms with Gasteiger partial charge in [-0.2, -0.15) is 0 Å². The third-order valence-electron chi connectivity index (χ3n) is 5.42. The fourth-order valence-electron chi connectivity index (χ4n) is 3.55. The highest BCUT2D eigenvalue weighted by atomic mass is 16.5. The number of hydrogen-bond donors (Lipinski definition) is 2. The fourth-order valence-corrected chi connectivity index (χ4v) is 3.55. The van der Waals surface area contributed by atoms with E-state index in [1.54, 1.807) is 0 Å². The average molecular weight is 282 g/mol. The van der Waals surface area contributed by atoms with E-state index in [1.165, 1.54) is 32.1 Å². The van der Waals surface area contributed by atoms with Crippen LogP contribution in [-0.4, -0.2) is 32.2 Å². The monoisotopic (exact) mass is 282 g/mol. The number of carbonyl (C=O) groups excluding carboxylic acids is 1. The smallest absolute Gasteiger partial charge is 0.227 e. The van der Waals surface area contributed by atoms with Gasteiger partial charge in [0.2, 0.25) is 5.91 Å². The second-order valence-electron chi connectivity index (χ2n) is 6.60. The van der Waals surface area contributed by atoms with Crippen molar-refractivity contribution in [2.24, 2.45) is 23.0 Å². The topological polar surface area (TPSA) is 64.4 Å². The first kappa shape index (κ1) is 15.8. The Labute approximate surface area is 122 Å². The third kappa shape index (κ3) is 3.73. The quantitative estimate of drug-likeness (QED) is 0.811. The number of nitrogens with one attached hydrogen (secondary N) is 1. The predicted octanol–water partition coefficient (Wildman–Crippen LogP) is 2.07. The summed E-state index contributed by atoms with van der Waals surface area (Å²) in [5, 5.41) is 3.17. The van der Waals surface area contributed by atoms with Crippen molar-refractivity contribution < 1.29 is 9.53 Å². The van der Waals surface area contributed by atoms with E-state index in [0.717, 1.165) is 25.3 Å². The van der Waals surface area contributed by atoms with E-state index in [4.69, 9.17) is 10.5 Å². The summed E-state index contributed by atoms with van der Waals surface area (Å²) in [6.45, 7) is 4.87. The molecule has 0 unspecified atom stereocenters. The van der Waals surface area contributed by atoms with Gasteiger partial charge in [-0.1, -0.05) is 26.2 Å². The fraction of sp³-hybridized carbons (Fsp3) is 0.938. The van der Waals surface area contributed by atoms with Crippen LogP contribution in [0.15, 0.2) is 0 Å². The number of amides is 1. The van der Waals surface area contributed by atoms with E-state index >= 15 is 0 Å². The molecular weight excluding hydrogens is 252 g/mol. The van der Waals surface area contributed by atoms with Gasteiger partial charge in [-0.15, -0.1) is 0 Å². The van der Waals surface area contributed by atoms with Crippen LogP contribution in [0.5, 0.6) is 0 Å². The van der Waals surface area contributed by atoms with Crippen molar-refractivity contribution in [3.05, 3.63) is 0 Å². The van der Waals surface area contributed by atoms with Gasteiger partial charge in [0.05, 0.1) is 5.41 Å². The Morgan fingerprint density at radius 1 is 1.20 bits per heavy atom. The van der Waals surface area contributed by atoms with Crippen LogP contribution in [0.25, 0.3) is 0 Å². The van der Waals surface area contributed by atoms with E-state index in [2.05, 4.69) is 12.2 Å². The molecule has 2 fully saturated rings. The molecule has 0 bridgehead atoms. The molecule has 0 spiro atoms. The van der Waals surface area contributed by atoms with Crippen molar-refractivity contribution in [2.45, 2.75) is 51.9 Å². The Balaban J connectivity index is 1.77. The van der Waals surface area contributed by atoms with Gasteiger partial charge >= 0.3 is 0 Å². The summed E-state index contributed by atoms with van der Waals surface area (Å²) in [6, 6.07) is 0. The maximum absolute atomic E-state index is 12.5. The lowest BCUT2D eigenvalue weighted by Crippen LogP contribution is -2.50. The normalized spacial score (nSPS) is 29.9. The van der Waals surface area contributed by atoms with E-state index < -0.39 is 0 Å². The molecular formula is C16H30N2O2. The van der Waals surface area contributed by atoms with Crippen molar-refractivity contribution >= 4 is 5.91 Å². The first-order valence-corrected chi connectivity index (χ1v) is 8.26. The van der Waals surface area contributed by atoms with Crippen LogP contribution in [0.1, 0.15) is 51.9 Å². The van der Waals surface area contributed by atoms with Crippen molar-refractivity contribution in [3.8, 4) is 0 Å². The number of nitrogens with two attached hydrogens (primary N) is 1. The molecule has 1 amide bonds. The molecule has 2 rings (SSSR count). The molecule has 0 radical (unpaired) electrons. The number of rotatable bonds is 5. The van der Waals surface area contributed by atoms with Gasteiger partial charge in [-0.25, -0.2) is 0 Å². The Morgan fingerprint density at radius 3 is 2.35 bits per heavy atom. The second-order valence-corrected chi connectivity index (χ2v) is 6.60. The first-order valence-electron chi connectivity index (χ1n) is 8.26. The summed E-state index contributed by atoms with van der Waals surface area (Å²) in [6.07, 6.45) is 8.00. The molecule has 1 saturated heterocycles. The molecule has 1 aliphatic heterocycles.